The molecule has 0 aliphatic heterocycles. The standard InChI is InChI=1S/C29H32N2O5/c1-4-6-10-17-36-25-14-13-21(19-26(25)34-3)18-24(22-11-8-7-9-12-22)28(32)31-27-20-23(15-16-30-27)29(33)35-5-2/h7-9,11-16,18-20H,4-6,10,17H2,1-3H3,(H,30,31,32)/b24-18+. The number of carbonyl (C=O) groups excluding carboxylic acids is 2. The van der Waals surface area contributed by atoms with Gasteiger partial charge in [0.25, 0.3) is 5.91 Å². The zero-order valence-corrected chi connectivity index (χ0v) is 21.0. The van der Waals surface area contributed by atoms with Crippen molar-refractivity contribution in [1.82, 2.24) is 4.98 Å². The Labute approximate surface area is 212 Å². The zero-order chi connectivity index (χ0) is 25.8. The molecule has 1 aromatic heterocycles. The molecule has 0 aliphatic carbocycles. The van der Waals surface area contributed by atoms with Crippen molar-refractivity contribution in [3.05, 3.63) is 83.6 Å². The van der Waals surface area contributed by atoms with Gasteiger partial charge in [0, 0.05) is 11.8 Å². The van der Waals surface area contributed by atoms with Gasteiger partial charge in [-0.25, -0.2) is 9.78 Å². The summed E-state index contributed by atoms with van der Waals surface area (Å²) in [5.41, 5.74) is 2.25. The highest BCUT2D eigenvalue weighted by atomic mass is 16.5. The van der Waals surface area contributed by atoms with E-state index in [1.807, 2.05) is 48.5 Å². The molecule has 1 heterocycles. The fourth-order valence-corrected chi connectivity index (χ4v) is 3.52. The molecule has 0 bridgehead atoms. The van der Waals surface area contributed by atoms with E-state index in [1.165, 1.54) is 12.3 Å². The fraction of sp³-hybridized carbons (Fsp3) is 0.276. The van der Waals surface area contributed by atoms with Crippen molar-refractivity contribution in [2.24, 2.45) is 0 Å². The number of methoxy groups -OCH3 is 1. The van der Waals surface area contributed by atoms with Crippen molar-refractivity contribution in [3.8, 4) is 11.5 Å². The molecule has 2 aromatic carbocycles. The van der Waals surface area contributed by atoms with Gasteiger partial charge in [-0.05, 0) is 54.8 Å². The molecule has 0 radical (unpaired) electrons. The molecule has 36 heavy (non-hydrogen) atoms. The highest BCUT2D eigenvalue weighted by Gasteiger charge is 2.16. The molecule has 0 aliphatic rings. The van der Waals surface area contributed by atoms with Gasteiger partial charge in [0.1, 0.15) is 5.82 Å². The second-order valence-electron chi connectivity index (χ2n) is 7.99. The van der Waals surface area contributed by atoms with E-state index >= 15 is 0 Å². The second kappa shape index (κ2) is 13.7. The lowest BCUT2D eigenvalue weighted by molar-refractivity contribution is -0.111. The van der Waals surface area contributed by atoms with E-state index < -0.39 is 5.97 Å². The molecule has 3 aromatic rings. The quantitative estimate of drug-likeness (QED) is 0.145. The van der Waals surface area contributed by atoms with Gasteiger partial charge < -0.3 is 19.5 Å². The summed E-state index contributed by atoms with van der Waals surface area (Å²) in [6.07, 6.45) is 6.44. The zero-order valence-electron chi connectivity index (χ0n) is 21.0. The van der Waals surface area contributed by atoms with Crippen molar-refractivity contribution < 1.29 is 23.8 Å². The van der Waals surface area contributed by atoms with Crippen LogP contribution in [0.4, 0.5) is 5.82 Å². The number of nitrogens with one attached hydrogen (secondary N) is 1. The molecule has 0 unspecified atom stereocenters. The van der Waals surface area contributed by atoms with Crippen molar-refractivity contribution in [1.29, 1.82) is 0 Å². The summed E-state index contributed by atoms with van der Waals surface area (Å²) < 4.78 is 16.5. The average molecular weight is 489 g/mol. The van der Waals surface area contributed by atoms with Crippen LogP contribution in [0.25, 0.3) is 11.6 Å². The predicted octanol–water partition coefficient (Wildman–Crippen LogP) is 6.02. The first-order valence-electron chi connectivity index (χ1n) is 12.1. The van der Waals surface area contributed by atoms with Crippen LogP contribution in [0.1, 0.15) is 54.6 Å². The SMILES string of the molecule is CCCCCOc1ccc(/C=C(/C(=O)Nc2cc(C(=O)OCC)ccn2)c2ccccc2)cc1OC. The monoisotopic (exact) mass is 488 g/mol. The molecule has 0 atom stereocenters. The Morgan fingerprint density at radius 1 is 0.944 bits per heavy atom. The van der Waals surface area contributed by atoms with Crippen LogP contribution in [-0.4, -0.2) is 37.2 Å². The number of unbranched alkanes of at least 4 members (excludes halogenated alkanes) is 2. The third kappa shape index (κ3) is 7.43. The minimum Gasteiger partial charge on any atom is -0.493 e. The summed E-state index contributed by atoms with van der Waals surface area (Å²) in [5, 5.41) is 2.80. The van der Waals surface area contributed by atoms with Gasteiger partial charge in [0.05, 0.1) is 25.9 Å². The number of rotatable bonds is 12. The molecule has 0 spiro atoms. The van der Waals surface area contributed by atoms with Crippen LogP contribution < -0.4 is 14.8 Å². The first-order chi connectivity index (χ1) is 17.5. The highest BCUT2D eigenvalue weighted by molar-refractivity contribution is 6.29. The average Bonchev–Trinajstić information content (AvgIpc) is 2.91. The maximum absolute atomic E-state index is 13.4. The lowest BCUT2D eigenvalue weighted by Crippen LogP contribution is -2.15. The molecule has 0 saturated heterocycles. The molecule has 7 heteroatoms. The molecule has 3 rings (SSSR count). The summed E-state index contributed by atoms with van der Waals surface area (Å²) in [4.78, 5) is 29.6. The number of amides is 1. The Morgan fingerprint density at radius 2 is 1.75 bits per heavy atom. The van der Waals surface area contributed by atoms with Gasteiger partial charge in [-0.2, -0.15) is 0 Å². The third-order valence-corrected chi connectivity index (χ3v) is 5.35. The minimum absolute atomic E-state index is 0.251. The molecule has 1 N–H and O–H groups in total. The van der Waals surface area contributed by atoms with Crippen LogP contribution in [0.2, 0.25) is 0 Å². The summed E-state index contributed by atoms with van der Waals surface area (Å²) in [7, 11) is 1.59. The fourth-order valence-electron chi connectivity index (χ4n) is 3.52. The van der Waals surface area contributed by atoms with Crippen LogP contribution in [0, 0.1) is 0 Å². The van der Waals surface area contributed by atoms with Gasteiger partial charge in [0.2, 0.25) is 0 Å². The number of benzene rings is 2. The summed E-state index contributed by atoms with van der Waals surface area (Å²) >= 11 is 0. The van der Waals surface area contributed by atoms with Crippen LogP contribution in [0.5, 0.6) is 11.5 Å². The van der Waals surface area contributed by atoms with Crippen molar-refractivity contribution in [3.63, 3.8) is 0 Å². The second-order valence-corrected chi connectivity index (χ2v) is 7.99. The number of hydrogen-bond donors (Lipinski definition) is 1. The molecule has 1 amide bonds. The molecule has 7 nitrogen and oxygen atoms in total. The van der Waals surface area contributed by atoms with Gasteiger partial charge >= 0.3 is 5.97 Å². The van der Waals surface area contributed by atoms with Crippen molar-refractivity contribution in [2.75, 3.05) is 25.6 Å². The van der Waals surface area contributed by atoms with Crippen LogP contribution in [0.3, 0.4) is 0 Å². The van der Waals surface area contributed by atoms with Gasteiger partial charge in [-0.1, -0.05) is 56.2 Å². The predicted molar refractivity (Wildman–Crippen MR) is 141 cm³/mol. The number of hydrogen-bond acceptors (Lipinski definition) is 6. The number of nitrogens with zero attached hydrogens (tertiary/aromatic N) is 1. The Bertz CT molecular complexity index is 1190. The number of aromatic nitrogens is 1. The number of ether oxygens (including phenoxy) is 3. The molecular weight excluding hydrogens is 456 g/mol. The Hall–Kier alpha value is -4.13. The van der Waals surface area contributed by atoms with Crippen LogP contribution >= 0.6 is 0 Å². The molecule has 0 saturated carbocycles. The number of esters is 1. The normalized spacial score (nSPS) is 11.0. The van der Waals surface area contributed by atoms with E-state index in [1.54, 1.807) is 26.2 Å². The van der Waals surface area contributed by atoms with E-state index in [0.29, 0.717) is 29.2 Å². The Kier molecular flexibility index (Phi) is 10.1. The third-order valence-electron chi connectivity index (χ3n) is 5.35. The lowest BCUT2D eigenvalue weighted by atomic mass is 10.0. The van der Waals surface area contributed by atoms with E-state index in [-0.39, 0.29) is 18.3 Å². The van der Waals surface area contributed by atoms with E-state index in [2.05, 4.69) is 17.2 Å². The van der Waals surface area contributed by atoms with Crippen LogP contribution in [0.15, 0.2) is 66.9 Å². The first-order valence-corrected chi connectivity index (χ1v) is 12.1. The van der Waals surface area contributed by atoms with Crippen LogP contribution in [-0.2, 0) is 9.53 Å². The topological polar surface area (TPSA) is 86.8 Å². The van der Waals surface area contributed by atoms with Crippen molar-refractivity contribution in [2.45, 2.75) is 33.1 Å². The minimum atomic E-state index is -0.474. The Morgan fingerprint density at radius 3 is 2.47 bits per heavy atom. The molecule has 0 fully saturated rings. The van der Waals surface area contributed by atoms with E-state index in [0.717, 1.165) is 30.4 Å². The van der Waals surface area contributed by atoms with Gasteiger partial charge in [0.15, 0.2) is 11.5 Å². The van der Waals surface area contributed by atoms with Gasteiger partial charge in [-0.3, -0.25) is 4.79 Å². The number of anilines is 1. The Balaban J connectivity index is 1.88. The van der Waals surface area contributed by atoms with Gasteiger partial charge in [-0.15, -0.1) is 0 Å². The highest BCUT2D eigenvalue weighted by Crippen LogP contribution is 2.30. The van der Waals surface area contributed by atoms with E-state index in [9.17, 15) is 9.59 Å². The summed E-state index contributed by atoms with van der Waals surface area (Å²) in [6, 6.07) is 17.9. The lowest BCUT2D eigenvalue weighted by Gasteiger charge is -2.13. The smallest absolute Gasteiger partial charge is 0.338 e. The number of pyridine rings is 1. The number of carbonyl (C=O) groups is 2. The first kappa shape index (κ1) is 26.5. The summed E-state index contributed by atoms with van der Waals surface area (Å²) in [5.74, 6) is 0.668. The molecule has 188 valence electrons. The summed E-state index contributed by atoms with van der Waals surface area (Å²) in [6.45, 7) is 4.76. The maximum atomic E-state index is 13.4. The molecular formula is C29H32N2O5. The van der Waals surface area contributed by atoms with E-state index in [4.69, 9.17) is 14.2 Å². The maximum Gasteiger partial charge on any atom is 0.338 e. The largest absolute Gasteiger partial charge is 0.493 e. The van der Waals surface area contributed by atoms with Crippen molar-refractivity contribution >= 4 is 29.3 Å².